The van der Waals surface area contributed by atoms with Crippen LogP contribution >= 0.6 is 23.2 Å². The maximum atomic E-state index is 13.8. The van der Waals surface area contributed by atoms with Gasteiger partial charge in [-0.1, -0.05) is 53.5 Å². The molecule has 0 aromatic heterocycles. The van der Waals surface area contributed by atoms with Crippen LogP contribution in [0.5, 0.6) is 0 Å². The minimum absolute atomic E-state index is 0.0998. The van der Waals surface area contributed by atoms with E-state index in [1.54, 1.807) is 41.3 Å². The molecule has 2 aromatic carbocycles. The van der Waals surface area contributed by atoms with Gasteiger partial charge in [0.05, 0.1) is 12.1 Å². The minimum Gasteiger partial charge on any atom is -0.329 e. The fourth-order valence-corrected chi connectivity index (χ4v) is 5.70. The molecule has 0 heterocycles. The number of nitrogens with one attached hydrogen (secondary N) is 2. The van der Waals surface area contributed by atoms with Crippen molar-refractivity contribution in [2.24, 2.45) is 21.2 Å². The Morgan fingerprint density at radius 1 is 1.07 bits per heavy atom. The highest BCUT2D eigenvalue weighted by Gasteiger charge is 2.31. The monoisotopic (exact) mass is 593 g/mol. The van der Waals surface area contributed by atoms with E-state index >= 15 is 0 Å². The third kappa shape index (κ3) is 8.05. The molecule has 0 radical (unpaired) electrons. The van der Waals surface area contributed by atoms with Crippen LogP contribution in [0.25, 0.3) is 5.57 Å². The first-order chi connectivity index (χ1) is 19.7. The number of halogens is 2. The Bertz CT molecular complexity index is 1430. The molecular formula is C30H33Cl2N7O2. The fraction of sp³-hybridized carbons (Fsp3) is 0.300. The normalized spacial score (nSPS) is 19.2. The van der Waals surface area contributed by atoms with Gasteiger partial charge in [-0.05, 0) is 85.7 Å². The first kappa shape index (κ1) is 30.0. The molecule has 0 aliphatic heterocycles. The number of guanidine groups is 1. The Hall–Kier alpha value is -3.95. The van der Waals surface area contributed by atoms with E-state index in [1.165, 1.54) is 25.5 Å². The first-order valence-electron chi connectivity index (χ1n) is 13.3. The molecule has 1 atom stereocenters. The van der Waals surface area contributed by atoms with Crippen LogP contribution in [0.1, 0.15) is 60.5 Å². The van der Waals surface area contributed by atoms with Gasteiger partial charge in [-0.2, -0.15) is 5.11 Å². The smallest absolute Gasteiger partial charge is 0.322 e. The van der Waals surface area contributed by atoms with E-state index in [0.29, 0.717) is 22.0 Å². The predicted molar refractivity (Wildman–Crippen MR) is 165 cm³/mol. The molecule has 11 heteroatoms. The van der Waals surface area contributed by atoms with Crippen molar-refractivity contribution in [1.82, 2.24) is 10.6 Å². The number of hydrogen-bond donors (Lipinski definition) is 3. The molecule has 0 fully saturated rings. The van der Waals surface area contributed by atoms with Crippen LogP contribution in [0.3, 0.4) is 0 Å². The molecule has 214 valence electrons. The molecule has 0 saturated carbocycles. The third-order valence-electron chi connectivity index (χ3n) is 6.86. The number of carbonyl (C=O) groups excluding carboxylic acids is 2. The van der Waals surface area contributed by atoms with Gasteiger partial charge in [0.2, 0.25) is 0 Å². The zero-order valence-corrected chi connectivity index (χ0v) is 24.5. The number of rotatable bonds is 6. The summed E-state index contributed by atoms with van der Waals surface area (Å²) in [5.41, 5.74) is 3.67. The lowest BCUT2D eigenvalue weighted by Crippen LogP contribution is -2.51. The molecule has 2 aliphatic carbocycles. The number of nitrogens with two attached hydrogens (primary N) is 1. The fourth-order valence-electron chi connectivity index (χ4n) is 4.87. The summed E-state index contributed by atoms with van der Waals surface area (Å²) in [5.74, 6) is 4.71. The van der Waals surface area contributed by atoms with E-state index in [4.69, 9.17) is 29.0 Å². The van der Waals surface area contributed by atoms with Gasteiger partial charge in [0.15, 0.2) is 0 Å². The number of urea groups is 1. The van der Waals surface area contributed by atoms with Crippen molar-refractivity contribution >= 4 is 52.4 Å². The molecule has 0 saturated heterocycles. The van der Waals surface area contributed by atoms with Crippen LogP contribution in [0.15, 0.2) is 92.2 Å². The molecule has 2 aliphatic rings. The lowest BCUT2D eigenvalue weighted by atomic mass is 9.93. The Kier molecular flexibility index (Phi) is 9.96. The molecule has 41 heavy (non-hydrogen) atoms. The number of benzene rings is 2. The largest absolute Gasteiger partial charge is 0.329 e. The summed E-state index contributed by atoms with van der Waals surface area (Å²) in [5, 5.41) is 17.2. The maximum absolute atomic E-state index is 13.8. The van der Waals surface area contributed by atoms with Gasteiger partial charge in [-0.15, -0.1) is 10.2 Å². The number of azo groups is 1. The van der Waals surface area contributed by atoms with Gasteiger partial charge < -0.3 is 11.2 Å². The average Bonchev–Trinajstić information content (AvgIpc) is 2.95. The molecule has 2 aromatic rings. The summed E-state index contributed by atoms with van der Waals surface area (Å²) in [7, 11) is 1.44. The van der Waals surface area contributed by atoms with E-state index in [2.05, 4.69) is 44.2 Å². The molecule has 4 N–H and O–H groups in total. The predicted octanol–water partition coefficient (Wildman–Crippen LogP) is 6.81. The van der Waals surface area contributed by atoms with Gasteiger partial charge >= 0.3 is 6.03 Å². The molecule has 4 rings (SSSR count). The number of allylic oxidation sites excluding steroid dienone is 4. The van der Waals surface area contributed by atoms with E-state index in [1.807, 2.05) is 19.1 Å². The minimum atomic E-state index is -0.759. The van der Waals surface area contributed by atoms with Crippen LogP contribution in [0.4, 0.5) is 10.5 Å². The van der Waals surface area contributed by atoms with Crippen molar-refractivity contribution in [2.75, 3.05) is 11.9 Å². The van der Waals surface area contributed by atoms with Crippen molar-refractivity contribution in [2.45, 2.75) is 51.1 Å². The molecule has 1 unspecified atom stereocenters. The van der Waals surface area contributed by atoms with E-state index in [-0.39, 0.29) is 18.5 Å². The van der Waals surface area contributed by atoms with Gasteiger partial charge in [-0.3, -0.25) is 15.0 Å². The van der Waals surface area contributed by atoms with Gasteiger partial charge in [0.25, 0.3) is 11.9 Å². The second-order valence-electron chi connectivity index (χ2n) is 10.2. The Labute approximate surface area is 249 Å². The highest BCUT2D eigenvalue weighted by atomic mass is 35.5. The molecule has 3 amide bonds. The Morgan fingerprint density at radius 2 is 1.80 bits per heavy atom. The summed E-state index contributed by atoms with van der Waals surface area (Å²) >= 11 is 12.6. The number of carbonyl (C=O) groups is 2. The second kappa shape index (κ2) is 13.6. The molecule has 0 spiro atoms. The number of nitrogens with zero attached hydrogens (tertiary/aromatic N) is 4. The topological polar surface area (TPSA) is 125 Å². The van der Waals surface area contributed by atoms with Gasteiger partial charge in [0.1, 0.15) is 0 Å². The lowest BCUT2D eigenvalue weighted by Gasteiger charge is -2.33. The quantitative estimate of drug-likeness (QED) is 0.112. The van der Waals surface area contributed by atoms with E-state index in [9.17, 15) is 9.59 Å². The van der Waals surface area contributed by atoms with Crippen LogP contribution in [0, 0.1) is 0 Å². The number of anilines is 1. The SMILES string of the molecule is CN=NC(=NN)NC(=O)c1ccc(CN(C(=O)NC2(C)C=C(Cl)C=C(Cl)C2)c2ccc(C3=CCCCC3)cc2)cc1. The van der Waals surface area contributed by atoms with E-state index < -0.39 is 11.4 Å². The van der Waals surface area contributed by atoms with Crippen molar-refractivity contribution in [1.29, 1.82) is 0 Å². The van der Waals surface area contributed by atoms with Crippen molar-refractivity contribution in [3.05, 3.63) is 93.5 Å². The zero-order valence-electron chi connectivity index (χ0n) is 23.0. The summed E-state index contributed by atoms with van der Waals surface area (Å²) in [6.07, 6.45) is 10.7. The summed E-state index contributed by atoms with van der Waals surface area (Å²) < 4.78 is 0. The second-order valence-corrected chi connectivity index (χ2v) is 11.1. The van der Waals surface area contributed by atoms with Crippen LogP contribution in [0.2, 0.25) is 0 Å². The van der Waals surface area contributed by atoms with Crippen LogP contribution < -0.4 is 21.4 Å². The molecule has 9 nitrogen and oxygen atoms in total. The maximum Gasteiger partial charge on any atom is 0.322 e. The summed E-state index contributed by atoms with van der Waals surface area (Å²) in [6.45, 7) is 2.14. The Morgan fingerprint density at radius 3 is 2.41 bits per heavy atom. The summed E-state index contributed by atoms with van der Waals surface area (Å²) in [4.78, 5) is 28.0. The van der Waals surface area contributed by atoms with Crippen molar-refractivity contribution < 1.29 is 9.59 Å². The Balaban J connectivity index is 1.57. The van der Waals surface area contributed by atoms with Gasteiger partial charge in [-0.25, -0.2) is 4.79 Å². The highest BCUT2D eigenvalue weighted by molar-refractivity contribution is 6.35. The van der Waals surface area contributed by atoms with Crippen molar-refractivity contribution in [3.8, 4) is 0 Å². The van der Waals surface area contributed by atoms with Gasteiger partial charge in [0, 0.05) is 34.8 Å². The highest BCUT2D eigenvalue weighted by Crippen LogP contribution is 2.32. The third-order valence-corrected chi connectivity index (χ3v) is 7.33. The molecule has 0 bridgehead atoms. The summed E-state index contributed by atoms with van der Waals surface area (Å²) in [6, 6.07) is 14.6. The number of hydrazone groups is 1. The van der Waals surface area contributed by atoms with Crippen molar-refractivity contribution in [3.63, 3.8) is 0 Å². The number of hydrogen-bond acceptors (Lipinski definition) is 5. The lowest BCUT2D eigenvalue weighted by molar-refractivity contribution is 0.0976. The zero-order chi connectivity index (χ0) is 29.4. The molecular weight excluding hydrogens is 561 g/mol. The van der Waals surface area contributed by atoms with Crippen LogP contribution in [-0.4, -0.2) is 30.5 Å². The standard InChI is InChI=1S/C30H33Cl2N7O2/c1-30(17-24(31)16-25(32)18-30)36-29(41)39(26-14-12-22(13-15-26)21-6-4-3-5-7-21)19-20-8-10-23(11-9-20)27(40)35-28(37-33)38-34-2/h6,8-17H,3-5,7,18-19,33H2,1-2H3,(H,36,41)(H,35,37,40). The number of amides is 3. The van der Waals surface area contributed by atoms with E-state index in [0.717, 1.165) is 29.7 Å². The average molecular weight is 595 g/mol. The van der Waals surface area contributed by atoms with Crippen LogP contribution in [-0.2, 0) is 6.54 Å². The first-order valence-corrected chi connectivity index (χ1v) is 14.1.